The molecule has 0 radical (unpaired) electrons. The minimum Gasteiger partial charge on any atom is -0.320 e. The van der Waals surface area contributed by atoms with Crippen LogP contribution in [0.4, 0.5) is 10.5 Å². The lowest BCUT2D eigenvalue weighted by molar-refractivity contribution is 0.199. The van der Waals surface area contributed by atoms with E-state index >= 15 is 0 Å². The van der Waals surface area contributed by atoms with Crippen molar-refractivity contribution in [1.82, 2.24) is 34.9 Å². The smallest absolute Gasteiger partial charge is 0.320 e. The molecule has 1 N–H and O–H groups in total. The lowest BCUT2D eigenvalue weighted by atomic mass is 10.2. The molecular formula is C18H22N8O. The highest BCUT2D eigenvalue weighted by atomic mass is 16.2. The van der Waals surface area contributed by atoms with Crippen LogP contribution in [0.5, 0.6) is 0 Å². The summed E-state index contributed by atoms with van der Waals surface area (Å²) in [6.45, 7) is 4.09. The summed E-state index contributed by atoms with van der Waals surface area (Å²) in [6.07, 6.45) is 5.67. The van der Waals surface area contributed by atoms with Crippen LogP contribution in [-0.2, 0) is 13.1 Å². The SMILES string of the molecule is CCn1nnc(-c2cccc(NC(=O)N3CCCC3Cn3cccn3)c2)n1. The average Bonchev–Trinajstić information content (AvgIpc) is 3.44. The monoisotopic (exact) mass is 366 g/mol. The van der Waals surface area contributed by atoms with E-state index in [0.29, 0.717) is 18.9 Å². The van der Waals surface area contributed by atoms with E-state index < -0.39 is 0 Å². The molecule has 0 aliphatic carbocycles. The zero-order valence-electron chi connectivity index (χ0n) is 15.2. The zero-order valence-corrected chi connectivity index (χ0v) is 15.2. The zero-order chi connectivity index (χ0) is 18.6. The predicted molar refractivity (Wildman–Crippen MR) is 99.9 cm³/mol. The van der Waals surface area contributed by atoms with Gasteiger partial charge in [0, 0.05) is 30.2 Å². The van der Waals surface area contributed by atoms with E-state index in [1.54, 1.807) is 6.20 Å². The first kappa shape index (κ1) is 17.2. The summed E-state index contributed by atoms with van der Waals surface area (Å²) in [5.74, 6) is 0.547. The normalized spacial score (nSPS) is 16.6. The first-order valence-corrected chi connectivity index (χ1v) is 9.16. The largest absolute Gasteiger partial charge is 0.322 e. The van der Waals surface area contributed by atoms with Gasteiger partial charge in [0.15, 0.2) is 0 Å². The number of rotatable bonds is 5. The van der Waals surface area contributed by atoms with E-state index in [2.05, 4.69) is 25.8 Å². The van der Waals surface area contributed by atoms with Crippen LogP contribution in [0, 0.1) is 0 Å². The average molecular weight is 366 g/mol. The van der Waals surface area contributed by atoms with Gasteiger partial charge in [-0.1, -0.05) is 12.1 Å². The number of benzene rings is 1. The molecule has 1 saturated heterocycles. The molecule has 27 heavy (non-hydrogen) atoms. The fourth-order valence-corrected chi connectivity index (χ4v) is 3.34. The molecule has 1 aliphatic heterocycles. The van der Waals surface area contributed by atoms with Gasteiger partial charge in [0.05, 0.1) is 19.1 Å². The van der Waals surface area contributed by atoms with Crippen molar-refractivity contribution in [3.05, 3.63) is 42.7 Å². The Hall–Kier alpha value is -3.23. The molecule has 3 aromatic rings. The Labute approximate surface area is 157 Å². The van der Waals surface area contributed by atoms with E-state index in [1.807, 2.05) is 53.0 Å². The van der Waals surface area contributed by atoms with E-state index in [0.717, 1.165) is 30.6 Å². The van der Waals surface area contributed by atoms with Crippen LogP contribution in [0.3, 0.4) is 0 Å². The van der Waals surface area contributed by atoms with Crippen molar-refractivity contribution in [1.29, 1.82) is 0 Å². The molecule has 1 fully saturated rings. The van der Waals surface area contributed by atoms with Crippen molar-refractivity contribution < 1.29 is 4.79 Å². The Morgan fingerprint density at radius 3 is 3.04 bits per heavy atom. The standard InChI is InChI=1S/C18H22N8O/c1-2-26-22-17(21-23-26)14-6-3-7-15(12-14)20-18(27)25-11-4-8-16(25)13-24-10-5-9-19-24/h3,5-7,9-10,12,16H,2,4,8,11,13H2,1H3,(H,20,27). The van der Waals surface area contributed by atoms with Crippen LogP contribution in [-0.4, -0.2) is 53.5 Å². The van der Waals surface area contributed by atoms with Gasteiger partial charge in [0.1, 0.15) is 0 Å². The lowest BCUT2D eigenvalue weighted by Crippen LogP contribution is -2.40. The van der Waals surface area contributed by atoms with Crippen molar-refractivity contribution in [2.24, 2.45) is 0 Å². The second-order valence-corrected chi connectivity index (χ2v) is 6.53. The molecule has 1 aliphatic rings. The highest BCUT2D eigenvalue weighted by molar-refractivity contribution is 5.90. The van der Waals surface area contributed by atoms with Crippen molar-refractivity contribution in [2.75, 3.05) is 11.9 Å². The van der Waals surface area contributed by atoms with Crippen molar-refractivity contribution in [3.63, 3.8) is 0 Å². The van der Waals surface area contributed by atoms with E-state index in [-0.39, 0.29) is 12.1 Å². The second kappa shape index (κ2) is 7.56. The predicted octanol–water partition coefficient (Wildman–Crippen LogP) is 2.25. The number of carbonyl (C=O) groups is 1. The number of likely N-dealkylation sites (tertiary alicyclic amines) is 1. The van der Waals surface area contributed by atoms with Crippen molar-refractivity contribution in [3.8, 4) is 11.4 Å². The molecule has 4 rings (SSSR count). The third-order valence-corrected chi connectivity index (χ3v) is 4.70. The Kier molecular flexibility index (Phi) is 4.82. The quantitative estimate of drug-likeness (QED) is 0.747. The van der Waals surface area contributed by atoms with Crippen LogP contribution in [0.2, 0.25) is 0 Å². The lowest BCUT2D eigenvalue weighted by Gasteiger charge is -2.25. The minimum absolute atomic E-state index is 0.0908. The molecule has 1 atom stereocenters. The number of nitrogens with zero attached hydrogens (tertiary/aromatic N) is 7. The molecule has 1 aromatic carbocycles. The molecule has 9 heteroatoms. The second-order valence-electron chi connectivity index (χ2n) is 6.53. The summed E-state index contributed by atoms with van der Waals surface area (Å²) in [6, 6.07) is 9.48. The molecule has 9 nitrogen and oxygen atoms in total. The maximum Gasteiger partial charge on any atom is 0.322 e. The number of anilines is 1. The third kappa shape index (κ3) is 3.81. The minimum atomic E-state index is -0.0908. The van der Waals surface area contributed by atoms with Gasteiger partial charge in [-0.2, -0.15) is 9.90 Å². The van der Waals surface area contributed by atoms with Crippen LogP contribution < -0.4 is 5.32 Å². The summed E-state index contributed by atoms with van der Waals surface area (Å²) in [4.78, 5) is 16.2. The van der Waals surface area contributed by atoms with Gasteiger partial charge in [0.2, 0.25) is 5.82 Å². The van der Waals surface area contributed by atoms with Crippen LogP contribution in [0.25, 0.3) is 11.4 Å². The van der Waals surface area contributed by atoms with E-state index in [4.69, 9.17) is 0 Å². The molecule has 2 aromatic heterocycles. The summed E-state index contributed by atoms with van der Waals surface area (Å²) in [7, 11) is 0. The topological polar surface area (TPSA) is 93.8 Å². The van der Waals surface area contributed by atoms with Gasteiger partial charge in [-0.05, 0) is 43.2 Å². The molecule has 0 spiro atoms. The fourth-order valence-electron chi connectivity index (χ4n) is 3.34. The van der Waals surface area contributed by atoms with Gasteiger partial charge >= 0.3 is 6.03 Å². The Balaban J connectivity index is 1.45. The molecule has 0 bridgehead atoms. The number of aryl methyl sites for hydroxylation is 1. The highest BCUT2D eigenvalue weighted by Gasteiger charge is 2.29. The Bertz CT molecular complexity index is 904. The Morgan fingerprint density at radius 1 is 1.33 bits per heavy atom. The fraction of sp³-hybridized carbons (Fsp3) is 0.389. The number of carbonyl (C=O) groups excluding carboxylic acids is 1. The number of tetrazole rings is 1. The summed E-state index contributed by atoms with van der Waals surface area (Å²) < 4.78 is 1.87. The molecule has 2 amide bonds. The van der Waals surface area contributed by atoms with Crippen LogP contribution in [0.1, 0.15) is 19.8 Å². The first-order valence-electron chi connectivity index (χ1n) is 9.16. The Morgan fingerprint density at radius 2 is 2.26 bits per heavy atom. The molecular weight excluding hydrogens is 344 g/mol. The third-order valence-electron chi connectivity index (χ3n) is 4.70. The molecule has 0 saturated carbocycles. The maximum absolute atomic E-state index is 12.8. The number of aromatic nitrogens is 6. The van der Waals surface area contributed by atoms with Crippen LogP contribution in [0.15, 0.2) is 42.7 Å². The van der Waals surface area contributed by atoms with E-state index in [1.165, 1.54) is 4.80 Å². The van der Waals surface area contributed by atoms with Crippen molar-refractivity contribution >= 4 is 11.7 Å². The summed E-state index contributed by atoms with van der Waals surface area (Å²) >= 11 is 0. The molecule has 3 heterocycles. The van der Waals surface area contributed by atoms with Gasteiger partial charge in [-0.15, -0.1) is 10.2 Å². The van der Waals surface area contributed by atoms with E-state index in [9.17, 15) is 4.79 Å². The van der Waals surface area contributed by atoms with Gasteiger partial charge in [-0.3, -0.25) is 4.68 Å². The highest BCUT2D eigenvalue weighted by Crippen LogP contribution is 2.22. The number of urea groups is 1. The first-order chi connectivity index (χ1) is 13.2. The van der Waals surface area contributed by atoms with Gasteiger partial charge < -0.3 is 10.2 Å². The number of hydrogen-bond acceptors (Lipinski definition) is 5. The van der Waals surface area contributed by atoms with Crippen LogP contribution >= 0.6 is 0 Å². The summed E-state index contributed by atoms with van der Waals surface area (Å²) in [5, 5.41) is 19.6. The molecule has 1 unspecified atom stereocenters. The number of amides is 2. The number of hydrogen-bond donors (Lipinski definition) is 1. The van der Waals surface area contributed by atoms with Gasteiger partial charge in [0.25, 0.3) is 0 Å². The van der Waals surface area contributed by atoms with Crippen molar-refractivity contribution in [2.45, 2.75) is 38.9 Å². The maximum atomic E-state index is 12.8. The number of nitrogens with one attached hydrogen (secondary N) is 1. The molecule has 140 valence electrons. The summed E-state index contributed by atoms with van der Waals surface area (Å²) in [5.41, 5.74) is 1.54. The van der Waals surface area contributed by atoms with Gasteiger partial charge in [-0.25, -0.2) is 4.79 Å².